The number of ether oxygens (including phenoxy) is 1. The zero-order valence-electron chi connectivity index (χ0n) is 15.6. The van der Waals surface area contributed by atoms with Crippen LogP contribution in [0.2, 0.25) is 0 Å². The molecule has 0 saturated carbocycles. The van der Waals surface area contributed by atoms with Gasteiger partial charge >= 0.3 is 0 Å². The highest BCUT2D eigenvalue weighted by molar-refractivity contribution is 7.89. The van der Waals surface area contributed by atoms with Gasteiger partial charge in [-0.2, -0.15) is 18.4 Å². The minimum Gasteiger partial charge on any atom is -0.550 e. The third-order valence-corrected chi connectivity index (χ3v) is 5.35. The molecule has 0 aliphatic heterocycles. The van der Waals surface area contributed by atoms with E-state index in [4.69, 9.17) is 4.74 Å². The molecule has 2 rings (SSSR count). The maximum absolute atomic E-state index is 12.5. The van der Waals surface area contributed by atoms with Gasteiger partial charge in [-0.25, -0.2) is 0 Å². The number of hydrogen-bond donors (Lipinski definition) is 1. The summed E-state index contributed by atoms with van der Waals surface area (Å²) in [5.41, 5.74) is 2.80. The molecule has 27 heavy (non-hydrogen) atoms. The normalized spacial score (nSPS) is 11.9. The molecule has 0 saturated heterocycles. The first-order valence-electron chi connectivity index (χ1n) is 8.14. The fourth-order valence-corrected chi connectivity index (χ4v) is 3.72. The molecule has 7 nitrogen and oxygen atoms in total. The number of carbonyl (C=O) groups is 1. The topological polar surface area (TPSA) is 108 Å². The largest absolute Gasteiger partial charge is 0.550 e. The predicted octanol–water partition coefficient (Wildman–Crippen LogP) is 1.31. The molecule has 0 aliphatic rings. The van der Waals surface area contributed by atoms with Crippen molar-refractivity contribution in [2.24, 2.45) is 5.10 Å². The second-order valence-electron chi connectivity index (χ2n) is 6.14. The van der Waals surface area contributed by atoms with Crippen LogP contribution in [0.1, 0.15) is 29.2 Å². The first-order valence-corrected chi connectivity index (χ1v) is 9.63. The van der Waals surface area contributed by atoms with Gasteiger partial charge in [0.25, 0.3) is 10.0 Å². The summed E-state index contributed by atoms with van der Waals surface area (Å²) in [6, 6.07) is 10.00. The van der Waals surface area contributed by atoms with E-state index in [0.29, 0.717) is 28.2 Å². The molecule has 0 bridgehead atoms. The van der Waals surface area contributed by atoms with Gasteiger partial charge in [0.2, 0.25) is 0 Å². The monoisotopic (exact) mass is 389 g/mol. The smallest absolute Gasteiger partial charge is 0.276 e. The Morgan fingerprint density at radius 3 is 2.52 bits per heavy atom. The van der Waals surface area contributed by atoms with E-state index < -0.39 is 16.0 Å². The Morgan fingerprint density at radius 2 is 1.89 bits per heavy atom. The number of methoxy groups -OCH3 is 1. The Labute approximate surface area is 158 Å². The third-order valence-electron chi connectivity index (χ3n) is 4.00. The Hall–Kier alpha value is -2.87. The van der Waals surface area contributed by atoms with Gasteiger partial charge in [0.1, 0.15) is 5.75 Å². The maximum atomic E-state index is 12.5. The minimum absolute atomic E-state index is 0.159. The number of carbonyl (C=O) groups excluding carboxylic acids is 1. The molecule has 0 aliphatic carbocycles. The summed E-state index contributed by atoms with van der Waals surface area (Å²) in [6.07, 6.45) is -0.321. The van der Waals surface area contributed by atoms with Crippen molar-refractivity contribution in [3.05, 3.63) is 58.7 Å². The molecule has 0 unspecified atom stereocenters. The average molecular weight is 389 g/mol. The lowest BCUT2D eigenvalue weighted by molar-refractivity contribution is -0.304. The van der Waals surface area contributed by atoms with Crippen molar-refractivity contribution in [1.82, 2.24) is 4.83 Å². The number of rotatable bonds is 7. The van der Waals surface area contributed by atoms with Crippen molar-refractivity contribution in [2.45, 2.75) is 32.1 Å². The number of carboxylic acid groups (broad SMARTS) is 1. The van der Waals surface area contributed by atoms with Gasteiger partial charge in [-0.15, -0.1) is 0 Å². The summed E-state index contributed by atoms with van der Waals surface area (Å²) in [5.74, 6) is -0.831. The molecule has 8 heteroatoms. The lowest BCUT2D eigenvalue weighted by Crippen LogP contribution is -2.24. The standard InChI is InChI=1S/C19H22N2O5S/c1-12-5-6-13(2)18(9-12)27(24,25)21-20-14(3)15-7-8-17(26-4)16(10-15)11-19(22)23/h5-10,21H,11H2,1-4H3,(H,22,23)/p-1/b20-14-. The Bertz CT molecular complexity index is 997. The first-order chi connectivity index (χ1) is 12.6. The molecular formula is C19H21N2O5S-. The Balaban J connectivity index is 2.32. The summed E-state index contributed by atoms with van der Waals surface area (Å²) in [7, 11) is -2.39. The zero-order valence-corrected chi connectivity index (χ0v) is 16.4. The van der Waals surface area contributed by atoms with Crippen LogP contribution in [0.5, 0.6) is 5.75 Å². The molecular weight excluding hydrogens is 368 g/mol. The fraction of sp³-hybridized carbons (Fsp3) is 0.263. The second-order valence-corrected chi connectivity index (χ2v) is 7.77. The van der Waals surface area contributed by atoms with Crippen molar-refractivity contribution >= 4 is 21.7 Å². The first kappa shape index (κ1) is 20.4. The predicted molar refractivity (Wildman–Crippen MR) is 100 cm³/mol. The Kier molecular flexibility index (Phi) is 6.22. The van der Waals surface area contributed by atoms with Crippen LogP contribution in [0.15, 0.2) is 46.4 Å². The summed E-state index contributed by atoms with van der Waals surface area (Å²) in [4.78, 5) is 13.3. The number of carboxylic acids is 1. The summed E-state index contributed by atoms with van der Waals surface area (Å²) < 4.78 is 30.2. The SMILES string of the molecule is COc1ccc(/C(C)=N\NS(=O)(=O)c2cc(C)ccc2C)cc1CC(=O)[O-]. The lowest BCUT2D eigenvalue weighted by atomic mass is 10.0. The highest BCUT2D eigenvalue weighted by Gasteiger charge is 2.16. The molecule has 1 N–H and O–H groups in total. The quantitative estimate of drug-likeness (QED) is 0.567. The minimum atomic E-state index is -3.82. The van der Waals surface area contributed by atoms with Crippen LogP contribution in [-0.4, -0.2) is 27.2 Å². The Morgan fingerprint density at radius 1 is 1.19 bits per heavy atom. The highest BCUT2D eigenvalue weighted by atomic mass is 32.2. The van der Waals surface area contributed by atoms with E-state index in [2.05, 4.69) is 9.93 Å². The molecule has 2 aromatic rings. The number of hydrogen-bond acceptors (Lipinski definition) is 6. The summed E-state index contributed by atoms with van der Waals surface area (Å²) in [5, 5.41) is 14.9. The van der Waals surface area contributed by atoms with Crippen molar-refractivity contribution in [2.75, 3.05) is 7.11 Å². The van der Waals surface area contributed by atoms with Gasteiger partial charge in [0.15, 0.2) is 0 Å². The van der Waals surface area contributed by atoms with Crippen molar-refractivity contribution in [3.63, 3.8) is 0 Å². The number of aliphatic carboxylic acids is 1. The molecule has 0 spiro atoms. The van der Waals surface area contributed by atoms with Crippen LogP contribution in [-0.2, 0) is 21.2 Å². The van der Waals surface area contributed by atoms with E-state index in [1.165, 1.54) is 7.11 Å². The van der Waals surface area contributed by atoms with Crippen LogP contribution >= 0.6 is 0 Å². The molecule has 0 fully saturated rings. The van der Waals surface area contributed by atoms with E-state index in [1.807, 2.05) is 13.0 Å². The summed E-state index contributed by atoms with van der Waals surface area (Å²) >= 11 is 0. The van der Waals surface area contributed by atoms with Gasteiger partial charge in [-0.05, 0) is 61.7 Å². The number of sulfonamides is 1. The van der Waals surface area contributed by atoms with E-state index in [-0.39, 0.29) is 11.3 Å². The zero-order chi connectivity index (χ0) is 20.2. The number of benzene rings is 2. The van der Waals surface area contributed by atoms with E-state index in [0.717, 1.165) is 5.56 Å². The van der Waals surface area contributed by atoms with Crippen molar-refractivity contribution in [1.29, 1.82) is 0 Å². The van der Waals surface area contributed by atoms with Gasteiger partial charge < -0.3 is 14.6 Å². The van der Waals surface area contributed by atoms with E-state index in [1.54, 1.807) is 44.2 Å². The maximum Gasteiger partial charge on any atom is 0.276 e. The fourth-order valence-electron chi connectivity index (χ4n) is 2.54. The van der Waals surface area contributed by atoms with Crippen LogP contribution in [0, 0.1) is 13.8 Å². The highest BCUT2D eigenvalue weighted by Crippen LogP contribution is 2.21. The number of nitrogens with zero attached hydrogens (tertiary/aromatic N) is 1. The van der Waals surface area contributed by atoms with Gasteiger partial charge in [0, 0.05) is 18.0 Å². The summed E-state index contributed by atoms with van der Waals surface area (Å²) in [6.45, 7) is 5.14. The number of aryl methyl sites for hydroxylation is 2. The molecule has 0 amide bonds. The van der Waals surface area contributed by atoms with Gasteiger partial charge in [-0.3, -0.25) is 0 Å². The molecule has 0 atom stereocenters. The van der Waals surface area contributed by atoms with Gasteiger partial charge in [0.05, 0.1) is 17.7 Å². The van der Waals surface area contributed by atoms with Crippen LogP contribution < -0.4 is 14.7 Å². The molecule has 0 heterocycles. The molecule has 0 radical (unpaired) electrons. The number of nitrogens with one attached hydrogen (secondary N) is 1. The van der Waals surface area contributed by atoms with Gasteiger partial charge in [-0.1, -0.05) is 12.1 Å². The molecule has 144 valence electrons. The van der Waals surface area contributed by atoms with Crippen LogP contribution in [0.25, 0.3) is 0 Å². The second kappa shape index (κ2) is 8.22. The van der Waals surface area contributed by atoms with Crippen LogP contribution in [0.3, 0.4) is 0 Å². The van der Waals surface area contributed by atoms with E-state index in [9.17, 15) is 18.3 Å². The molecule has 2 aromatic carbocycles. The van der Waals surface area contributed by atoms with E-state index >= 15 is 0 Å². The van der Waals surface area contributed by atoms with Crippen LogP contribution in [0.4, 0.5) is 0 Å². The third kappa shape index (κ3) is 5.07. The van der Waals surface area contributed by atoms with Crippen molar-refractivity contribution < 1.29 is 23.1 Å². The average Bonchev–Trinajstić information content (AvgIpc) is 2.61. The molecule has 0 aromatic heterocycles. The number of hydrazone groups is 1. The van der Waals surface area contributed by atoms with Crippen molar-refractivity contribution in [3.8, 4) is 5.75 Å². The lowest BCUT2D eigenvalue weighted by Gasteiger charge is -2.12.